The Bertz CT molecular complexity index is 813. The molecule has 1 aromatic carbocycles. The Hall–Kier alpha value is -2.76. The van der Waals surface area contributed by atoms with Gasteiger partial charge in [-0.2, -0.15) is 0 Å². The molecule has 132 valence electrons. The molecule has 1 saturated heterocycles. The fourth-order valence-corrected chi connectivity index (χ4v) is 2.96. The summed E-state index contributed by atoms with van der Waals surface area (Å²) >= 11 is 0. The van der Waals surface area contributed by atoms with Crippen molar-refractivity contribution in [2.24, 2.45) is 0 Å². The van der Waals surface area contributed by atoms with E-state index < -0.39 is 5.63 Å². The second kappa shape index (κ2) is 7.42. The summed E-state index contributed by atoms with van der Waals surface area (Å²) in [6.07, 6.45) is 0.955. The predicted octanol–water partition coefficient (Wildman–Crippen LogP) is 2.18. The van der Waals surface area contributed by atoms with Crippen LogP contribution in [-0.2, 0) is 11.2 Å². The van der Waals surface area contributed by atoms with Crippen molar-refractivity contribution in [1.82, 2.24) is 4.90 Å². The molecule has 1 aliphatic rings. The third-order valence-electron chi connectivity index (χ3n) is 4.16. The molecule has 1 fully saturated rings. The van der Waals surface area contributed by atoms with Crippen molar-refractivity contribution in [1.29, 1.82) is 0 Å². The highest BCUT2D eigenvalue weighted by Crippen LogP contribution is 2.20. The van der Waals surface area contributed by atoms with Crippen LogP contribution < -0.4 is 15.1 Å². The smallest absolute Gasteiger partial charge is 0.339 e. The van der Waals surface area contributed by atoms with Gasteiger partial charge in [0.15, 0.2) is 0 Å². The van der Waals surface area contributed by atoms with Crippen molar-refractivity contribution >= 4 is 5.91 Å². The van der Waals surface area contributed by atoms with Crippen LogP contribution in [0.5, 0.6) is 11.5 Å². The summed E-state index contributed by atoms with van der Waals surface area (Å²) in [4.78, 5) is 25.7. The van der Waals surface area contributed by atoms with Crippen molar-refractivity contribution in [3.8, 4) is 11.5 Å². The first-order valence-corrected chi connectivity index (χ1v) is 8.22. The molecule has 6 heteroatoms. The number of rotatable bonds is 5. The van der Waals surface area contributed by atoms with E-state index in [0.717, 1.165) is 17.7 Å². The van der Waals surface area contributed by atoms with Gasteiger partial charge < -0.3 is 18.8 Å². The summed E-state index contributed by atoms with van der Waals surface area (Å²) in [5, 5.41) is 0. The zero-order valence-electron chi connectivity index (χ0n) is 14.4. The lowest BCUT2D eigenvalue weighted by atomic mass is 10.1. The van der Waals surface area contributed by atoms with E-state index in [4.69, 9.17) is 13.9 Å². The largest absolute Gasteiger partial charge is 0.497 e. The molecule has 0 N–H and O–H groups in total. The third-order valence-corrected chi connectivity index (χ3v) is 4.16. The van der Waals surface area contributed by atoms with Crippen LogP contribution in [0.1, 0.15) is 17.7 Å². The van der Waals surface area contributed by atoms with Crippen LogP contribution >= 0.6 is 0 Å². The molecule has 1 aromatic heterocycles. The van der Waals surface area contributed by atoms with Crippen molar-refractivity contribution in [3.05, 3.63) is 58.1 Å². The average Bonchev–Trinajstić information content (AvgIpc) is 3.02. The Morgan fingerprint density at radius 1 is 1.28 bits per heavy atom. The number of methoxy groups -OCH3 is 1. The Morgan fingerprint density at radius 3 is 2.88 bits per heavy atom. The number of amides is 1. The van der Waals surface area contributed by atoms with Gasteiger partial charge in [-0.15, -0.1) is 0 Å². The van der Waals surface area contributed by atoms with Crippen molar-refractivity contribution in [2.75, 3.05) is 20.2 Å². The monoisotopic (exact) mass is 343 g/mol. The second-order valence-corrected chi connectivity index (χ2v) is 6.12. The molecule has 25 heavy (non-hydrogen) atoms. The number of likely N-dealkylation sites (tertiary alicyclic amines) is 1. The summed E-state index contributed by atoms with van der Waals surface area (Å²) in [7, 11) is 1.61. The molecule has 0 saturated carbocycles. The minimum absolute atomic E-state index is 0.0584. The highest BCUT2D eigenvalue weighted by molar-refractivity contribution is 5.79. The molecule has 0 bridgehead atoms. The Kier molecular flexibility index (Phi) is 5.07. The fraction of sp³-hybridized carbons (Fsp3) is 0.368. The Balaban J connectivity index is 1.58. The zero-order valence-corrected chi connectivity index (χ0v) is 14.4. The van der Waals surface area contributed by atoms with Crippen molar-refractivity contribution < 1.29 is 18.7 Å². The molecule has 0 spiro atoms. The normalized spacial score (nSPS) is 16.7. The van der Waals surface area contributed by atoms with Crippen LogP contribution in [0.3, 0.4) is 0 Å². The van der Waals surface area contributed by atoms with E-state index in [9.17, 15) is 9.59 Å². The molecule has 2 aromatic rings. The van der Waals surface area contributed by atoms with Crippen LogP contribution in [0.25, 0.3) is 0 Å². The molecule has 1 atom stereocenters. The average molecular weight is 343 g/mol. The maximum Gasteiger partial charge on any atom is 0.339 e. The van der Waals surface area contributed by atoms with Crippen molar-refractivity contribution in [2.45, 2.75) is 25.9 Å². The van der Waals surface area contributed by atoms with Gasteiger partial charge in [0.25, 0.3) is 0 Å². The van der Waals surface area contributed by atoms with Crippen LogP contribution in [0.4, 0.5) is 0 Å². The highest BCUT2D eigenvalue weighted by atomic mass is 16.5. The van der Waals surface area contributed by atoms with E-state index in [0.29, 0.717) is 31.0 Å². The van der Waals surface area contributed by atoms with E-state index in [1.807, 2.05) is 24.3 Å². The van der Waals surface area contributed by atoms with Crippen LogP contribution in [0.2, 0.25) is 0 Å². The molecule has 1 unspecified atom stereocenters. The van der Waals surface area contributed by atoms with Gasteiger partial charge in [0.1, 0.15) is 23.4 Å². The van der Waals surface area contributed by atoms with Crippen LogP contribution in [0.15, 0.2) is 45.6 Å². The van der Waals surface area contributed by atoms with E-state index in [1.54, 1.807) is 25.0 Å². The fourth-order valence-electron chi connectivity index (χ4n) is 2.96. The molecule has 0 aliphatic carbocycles. The van der Waals surface area contributed by atoms with Gasteiger partial charge in [-0.3, -0.25) is 4.79 Å². The summed E-state index contributed by atoms with van der Waals surface area (Å²) < 4.78 is 15.9. The van der Waals surface area contributed by atoms with E-state index in [-0.39, 0.29) is 12.0 Å². The highest BCUT2D eigenvalue weighted by Gasteiger charge is 2.27. The van der Waals surface area contributed by atoms with E-state index in [1.165, 1.54) is 6.07 Å². The molecule has 1 amide bonds. The van der Waals surface area contributed by atoms with E-state index in [2.05, 4.69) is 0 Å². The third kappa shape index (κ3) is 4.41. The van der Waals surface area contributed by atoms with Gasteiger partial charge in [0.05, 0.1) is 26.1 Å². The summed E-state index contributed by atoms with van der Waals surface area (Å²) in [5.74, 6) is 1.79. The molecular formula is C19H21NO5. The van der Waals surface area contributed by atoms with Crippen molar-refractivity contribution in [3.63, 3.8) is 0 Å². The molecule has 6 nitrogen and oxygen atoms in total. The van der Waals surface area contributed by atoms with Crippen LogP contribution in [0, 0.1) is 6.92 Å². The van der Waals surface area contributed by atoms with Gasteiger partial charge in [-0.25, -0.2) is 4.79 Å². The maximum absolute atomic E-state index is 12.5. The minimum atomic E-state index is -0.432. The lowest BCUT2D eigenvalue weighted by molar-refractivity contribution is -0.129. The topological polar surface area (TPSA) is 69.0 Å². The van der Waals surface area contributed by atoms with Gasteiger partial charge >= 0.3 is 5.63 Å². The number of nitrogens with zero attached hydrogens (tertiary/aromatic N) is 1. The molecule has 2 heterocycles. The van der Waals surface area contributed by atoms with Gasteiger partial charge in [0, 0.05) is 19.0 Å². The zero-order chi connectivity index (χ0) is 17.8. The summed E-state index contributed by atoms with van der Waals surface area (Å²) in [6, 6.07) is 10.5. The lowest BCUT2D eigenvalue weighted by Gasteiger charge is -2.17. The minimum Gasteiger partial charge on any atom is -0.497 e. The number of carbonyl (C=O) groups is 1. The molecular weight excluding hydrogens is 322 g/mol. The number of ether oxygens (including phenoxy) is 2. The standard InChI is InChI=1S/C19H21NO5/c1-13-8-17(11-19(22)24-13)25-16-6-7-20(12-16)18(21)10-14-4-3-5-15(9-14)23-2/h3-5,8-9,11,16H,6-7,10,12H2,1-2H3. The number of benzene rings is 1. The SMILES string of the molecule is COc1cccc(CC(=O)N2CCC(Oc3cc(C)oc(=O)c3)C2)c1. The number of aryl methyl sites for hydroxylation is 1. The van der Waals surface area contributed by atoms with E-state index >= 15 is 0 Å². The first kappa shape index (κ1) is 17.1. The molecule has 0 radical (unpaired) electrons. The quantitative estimate of drug-likeness (QED) is 0.832. The van der Waals surface area contributed by atoms with Gasteiger partial charge in [0.2, 0.25) is 5.91 Å². The number of hydrogen-bond acceptors (Lipinski definition) is 5. The molecule has 3 rings (SSSR count). The molecule has 1 aliphatic heterocycles. The Labute approximate surface area is 146 Å². The van der Waals surface area contributed by atoms with Crippen LogP contribution in [-0.4, -0.2) is 37.1 Å². The summed E-state index contributed by atoms with van der Waals surface area (Å²) in [6.45, 7) is 2.86. The summed E-state index contributed by atoms with van der Waals surface area (Å²) in [5.41, 5.74) is 0.490. The van der Waals surface area contributed by atoms with Gasteiger partial charge in [-0.1, -0.05) is 12.1 Å². The lowest BCUT2D eigenvalue weighted by Crippen LogP contribution is -2.32. The second-order valence-electron chi connectivity index (χ2n) is 6.12. The predicted molar refractivity (Wildman–Crippen MR) is 92.0 cm³/mol. The first-order valence-electron chi connectivity index (χ1n) is 8.22. The number of hydrogen-bond donors (Lipinski definition) is 0. The maximum atomic E-state index is 12.5. The van der Waals surface area contributed by atoms with Gasteiger partial charge in [-0.05, 0) is 24.6 Å². The number of carbonyl (C=O) groups excluding carboxylic acids is 1. The Morgan fingerprint density at radius 2 is 2.12 bits per heavy atom. The first-order chi connectivity index (χ1) is 12.0.